The van der Waals surface area contributed by atoms with Crippen molar-refractivity contribution < 1.29 is 19.8 Å². The van der Waals surface area contributed by atoms with Crippen molar-refractivity contribution in [2.24, 2.45) is 5.92 Å². The zero-order valence-corrected chi connectivity index (χ0v) is 12.7. The van der Waals surface area contributed by atoms with Crippen LogP contribution in [0.15, 0.2) is 0 Å². The zero-order chi connectivity index (χ0) is 15.4. The molecule has 0 aromatic heterocycles. The van der Waals surface area contributed by atoms with E-state index in [2.05, 4.69) is 0 Å². The van der Waals surface area contributed by atoms with Gasteiger partial charge in [-0.3, -0.25) is 0 Å². The monoisotopic (exact) mass is 298 g/mol. The number of carboxylic acid groups (broad SMARTS) is 1. The van der Waals surface area contributed by atoms with E-state index in [1.54, 1.807) is 4.90 Å². The third kappa shape index (κ3) is 3.48. The van der Waals surface area contributed by atoms with Gasteiger partial charge in [0.15, 0.2) is 0 Å². The molecule has 0 aromatic rings. The molecule has 1 saturated heterocycles. The molecule has 120 valence electrons. The van der Waals surface area contributed by atoms with Crippen molar-refractivity contribution in [1.82, 2.24) is 9.80 Å². The molecule has 2 atom stereocenters. The van der Waals surface area contributed by atoms with Crippen molar-refractivity contribution in [3.63, 3.8) is 0 Å². The summed E-state index contributed by atoms with van der Waals surface area (Å²) in [6.07, 6.45) is 6.01. The first-order valence-electron chi connectivity index (χ1n) is 7.97. The van der Waals surface area contributed by atoms with Crippen LogP contribution in [0.4, 0.5) is 4.79 Å². The number of aliphatic carboxylic acids is 1. The lowest BCUT2D eigenvalue weighted by Crippen LogP contribution is -2.53. The summed E-state index contributed by atoms with van der Waals surface area (Å²) in [7, 11) is 0. The van der Waals surface area contributed by atoms with E-state index in [9.17, 15) is 19.8 Å². The first-order chi connectivity index (χ1) is 10.1. The van der Waals surface area contributed by atoms with E-state index in [1.165, 1.54) is 11.3 Å². The van der Waals surface area contributed by atoms with E-state index in [0.29, 0.717) is 13.1 Å². The molecule has 0 radical (unpaired) electrons. The number of hydrogen-bond acceptors (Lipinski definition) is 3. The second-order valence-corrected chi connectivity index (χ2v) is 6.23. The Morgan fingerprint density at radius 3 is 2.43 bits per heavy atom. The van der Waals surface area contributed by atoms with Crippen LogP contribution in [0.25, 0.3) is 0 Å². The fourth-order valence-electron chi connectivity index (χ4n) is 3.64. The third-order valence-corrected chi connectivity index (χ3v) is 4.80. The average molecular weight is 298 g/mol. The minimum atomic E-state index is -0.930. The van der Waals surface area contributed by atoms with Crippen LogP contribution in [0.2, 0.25) is 0 Å². The Labute approximate surface area is 125 Å². The lowest BCUT2D eigenvalue weighted by molar-refractivity contribution is -0.142. The Balaban J connectivity index is 2.11. The van der Waals surface area contributed by atoms with Crippen molar-refractivity contribution in [3.8, 4) is 0 Å². The molecular formula is C15H26N2O4. The molecule has 2 fully saturated rings. The van der Waals surface area contributed by atoms with Crippen LogP contribution in [-0.2, 0) is 4.79 Å². The van der Waals surface area contributed by atoms with Gasteiger partial charge in [0.1, 0.15) is 6.04 Å². The summed E-state index contributed by atoms with van der Waals surface area (Å²) in [6, 6.07) is -0.807. The molecule has 21 heavy (non-hydrogen) atoms. The molecule has 1 aliphatic heterocycles. The molecule has 2 N–H and O–H groups in total. The topological polar surface area (TPSA) is 81.1 Å². The van der Waals surface area contributed by atoms with Gasteiger partial charge in [0.25, 0.3) is 0 Å². The Hall–Kier alpha value is -1.30. The van der Waals surface area contributed by atoms with Gasteiger partial charge in [0.2, 0.25) is 0 Å². The Morgan fingerprint density at radius 2 is 1.86 bits per heavy atom. The quantitative estimate of drug-likeness (QED) is 0.824. The summed E-state index contributed by atoms with van der Waals surface area (Å²) < 4.78 is 0. The van der Waals surface area contributed by atoms with E-state index >= 15 is 0 Å². The summed E-state index contributed by atoms with van der Waals surface area (Å²) in [6.45, 7) is 2.58. The number of urea groups is 1. The Kier molecular flexibility index (Phi) is 5.45. The summed E-state index contributed by atoms with van der Waals surface area (Å²) in [5, 5.41) is 18.6. The summed E-state index contributed by atoms with van der Waals surface area (Å²) in [4.78, 5) is 27.4. The SMILES string of the molecule is CC1CCN(C(=O)N(CCO)C2CCCCC2)C1C(=O)O. The van der Waals surface area contributed by atoms with Crippen LogP contribution in [0, 0.1) is 5.92 Å². The lowest BCUT2D eigenvalue weighted by atomic mass is 9.94. The Morgan fingerprint density at radius 1 is 1.19 bits per heavy atom. The molecule has 0 spiro atoms. The first kappa shape index (κ1) is 16.1. The number of nitrogens with zero attached hydrogens (tertiary/aromatic N) is 2. The fraction of sp³-hybridized carbons (Fsp3) is 0.867. The Bertz CT molecular complexity index is 382. The van der Waals surface area contributed by atoms with Gasteiger partial charge in [-0.25, -0.2) is 9.59 Å². The van der Waals surface area contributed by atoms with Gasteiger partial charge >= 0.3 is 12.0 Å². The van der Waals surface area contributed by atoms with Crippen LogP contribution in [0.1, 0.15) is 45.4 Å². The van der Waals surface area contributed by atoms with Crippen molar-refractivity contribution in [1.29, 1.82) is 0 Å². The fourth-order valence-corrected chi connectivity index (χ4v) is 3.64. The van der Waals surface area contributed by atoms with Gasteiger partial charge in [-0.05, 0) is 25.2 Å². The number of aliphatic hydroxyl groups is 1. The van der Waals surface area contributed by atoms with Crippen LogP contribution in [-0.4, -0.2) is 63.8 Å². The number of aliphatic hydroxyl groups excluding tert-OH is 1. The van der Waals surface area contributed by atoms with Crippen LogP contribution in [0.5, 0.6) is 0 Å². The molecule has 2 aliphatic rings. The second-order valence-electron chi connectivity index (χ2n) is 6.23. The number of carbonyl (C=O) groups is 2. The minimum absolute atomic E-state index is 0.0196. The highest BCUT2D eigenvalue weighted by atomic mass is 16.4. The minimum Gasteiger partial charge on any atom is -0.480 e. The van der Waals surface area contributed by atoms with Crippen molar-refractivity contribution in [2.45, 2.75) is 57.5 Å². The number of rotatable bonds is 4. The predicted octanol–water partition coefficient (Wildman–Crippen LogP) is 1.53. The second kappa shape index (κ2) is 7.11. The van der Waals surface area contributed by atoms with Gasteiger partial charge in [-0.1, -0.05) is 26.2 Å². The largest absolute Gasteiger partial charge is 0.480 e. The zero-order valence-electron chi connectivity index (χ0n) is 12.7. The number of likely N-dealkylation sites (tertiary alicyclic amines) is 1. The summed E-state index contributed by atoms with van der Waals surface area (Å²) >= 11 is 0. The normalized spacial score (nSPS) is 26.9. The highest BCUT2D eigenvalue weighted by Gasteiger charge is 2.42. The van der Waals surface area contributed by atoms with E-state index in [-0.39, 0.29) is 24.6 Å². The highest BCUT2D eigenvalue weighted by molar-refractivity contribution is 5.83. The smallest absolute Gasteiger partial charge is 0.326 e. The number of carbonyl (C=O) groups excluding carboxylic acids is 1. The van der Waals surface area contributed by atoms with Crippen molar-refractivity contribution in [3.05, 3.63) is 0 Å². The summed E-state index contributed by atoms with van der Waals surface area (Å²) in [5.74, 6) is -0.949. The molecule has 1 aliphatic carbocycles. The molecule has 1 saturated carbocycles. The molecule has 0 aromatic carbocycles. The molecule has 1 heterocycles. The maximum Gasteiger partial charge on any atom is 0.326 e. The number of hydrogen-bond donors (Lipinski definition) is 2. The molecular weight excluding hydrogens is 272 g/mol. The highest BCUT2D eigenvalue weighted by Crippen LogP contribution is 2.28. The van der Waals surface area contributed by atoms with E-state index in [0.717, 1.165) is 32.1 Å². The average Bonchev–Trinajstić information content (AvgIpc) is 2.87. The predicted molar refractivity (Wildman–Crippen MR) is 78.0 cm³/mol. The van der Waals surface area contributed by atoms with E-state index < -0.39 is 12.0 Å². The molecule has 0 bridgehead atoms. The maximum absolute atomic E-state index is 12.8. The molecule has 2 unspecified atom stereocenters. The van der Waals surface area contributed by atoms with Crippen LogP contribution >= 0.6 is 0 Å². The lowest BCUT2D eigenvalue weighted by Gasteiger charge is -2.37. The molecule has 6 heteroatoms. The number of amides is 2. The van der Waals surface area contributed by atoms with Gasteiger partial charge in [0, 0.05) is 19.1 Å². The van der Waals surface area contributed by atoms with Gasteiger partial charge in [-0.2, -0.15) is 0 Å². The van der Waals surface area contributed by atoms with Crippen molar-refractivity contribution >= 4 is 12.0 Å². The first-order valence-corrected chi connectivity index (χ1v) is 7.97. The van der Waals surface area contributed by atoms with Crippen LogP contribution < -0.4 is 0 Å². The van der Waals surface area contributed by atoms with Crippen molar-refractivity contribution in [2.75, 3.05) is 19.7 Å². The third-order valence-electron chi connectivity index (χ3n) is 4.80. The van der Waals surface area contributed by atoms with Gasteiger partial charge in [0.05, 0.1) is 6.61 Å². The standard InChI is InChI=1S/C15H26N2O4/c1-11-7-8-17(13(11)14(19)20)15(21)16(9-10-18)12-5-3-2-4-6-12/h11-13,18H,2-10H2,1H3,(H,19,20). The maximum atomic E-state index is 12.8. The molecule has 6 nitrogen and oxygen atoms in total. The van der Waals surface area contributed by atoms with Crippen LogP contribution in [0.3, 0.4) is 0 Å². The van der Waals surface area contributed by atoms with Gasteiger partial charge in [-0.15, -0.1) is 0 Å². The molecule has 2 amide bonds. The summed E-state index contributed by atoms with van der Waals surface area (Å²) in [5.41, 5.74) is 0. The van der Waals surface area contributed by atoms with E-state index in [4.69, 9.17) is 0 Å². The molecule has 2 rings (SSSR count). The van der Waals surface area contributed by atoms with Gasteiger partial charge < -0.3 is 20.0 Å². The number of carboxylic acids is 1. The van der Waals surface area contributed by atoms with E-state index in [1.807, 2.05) is 6.92 Å².